The fourth-order valence-electron chi connectivity index (χ4n) is 3.80. The van der Waals surface area contributed by atoms with Gasteiger partial charge in [-0.1, -0.05) is 12.1 Å². The lowest BCUT2D eigenvalue weighted by Crippen LogP contribution is -2.23. The number of nitrogens with zero attached hydrogens (tertiary/aromatic N) is 5. The first-order chi connectivity index (χ1) is 14.9. The average Bonchev–Trinajstić information content (AvgIpc) is 3.29. The van der Waals surface area contributed by atoms with Gasteiger partial charge in [0.15, 0.2) is 5.65 Å². The highest BCUT2D eigenvalue weighted by atomic mass is 16.5. The molecule has 31 heavy (non-hydrogen) atoms. The Morgan fingerprint density at radius 3 is 2.74 bits per heavy atom. The van der Waals surface area contributed by atoms with Crippen LogP contribution in [0.4, 0.5) is 0 Å². The Balaban J connectivity index is 1.74. The number of methoxy groups -OCH3 is 1. The van der Waals surface area contributed by atoms with Crippen molar-refractivity contribution < 1.29 is 9.53 Å². The summed E-state index contributed by atoms with van der Waals surface area (Å²) in [6.07, 6.45) is 1.80. The average molecular weight is 419 g/mol. The number of hydrogen-bond donors (Lipinski definition) is 1. The fourth-order valence-corrected chi connectivity index (χ4v) is 3.80. The van der Waals surface area contributed by atoms with Gasteiger partial charge in [-0.25, -0.2) is 4.98 Å². The number of carbonyl (C=O) groups excluding carboxylic acids is 1. The minimum atomic E-state index is -0.170. The molecule has 3 aromatic heterocycles. The van der Waals surface area contributed by atoms with Crippen LogP contribution < -0.4 is 10.1 Å². The molecule has 1 amide bonds. The first-order valence-corrected chi connectivity index (χ1v) is 10.2. The third-order valence-electron chi connectivity index (χ3n) is 5.52. The molecule has 0 aliphatic rings. The largest absolute Gasteiger partial charge is 0.497 e. The van der Waals surface area contributed by atoms with Crippen LogP contribution in [0.1, 0.15) is 34.2 Å². The fraction of sp³-hybridized carbons (Fsp3) is 0.304. The molecule has 1 aromatic carbocycles. The molecule has 0 spiro atoms. The summed E-state index contributed by atoms with van der Waals surface area (Å²) in [7, 11) is 3.46. The van der Waals surface area contributed by atoms with E-state index in [9.17, 15) is 4.79 Å². The second-order valence-corrected chi connectivity index (χ2v) is 7.45. The van der Waals surface area contributed by atoms with Crippen molar-refractivity contribution in [3.63, 3.8) is 0 Å². The summed E-state index contributed by atoms with van der Waals surface area (Å²) in [5, 5.41) is 12.6. The first-order valence-electron chi connectivity index (χ1n) is 10.2. The molecule has 3 heterocycles. The van der Waals surface area contributed by atoms with Crippen LogP contribution in [-0.4, -0.2) is 37.6 Å². The van der Waals surface area contributed by atoms with Crippen LogP contribution in [0.25, 0.3) is 22.3 Å². The van der Waals surface area contributed by atoms with Gasteiger partial charge in [-0.2, -0.15) is 10.2 Å². The standard InChI is InChI=1S/C23H26N6O2/c1-6-29-15(3)17(13-25-29)12-24-23(30)19-11-20(16-8-7-9-18(10-16)31-5)26-22-21(19)14(2)27-28(22)4/h7-11,13H,6,12H2,1-5H3,(H,24,30). The zero-order valence-electron chi connectivity index (χ0n) is 18.4. The Morgan fingerprint density at radius 2 is 2.03 bits per heavy atom. The van der Waals surface area contributed by atoms with Crippen molar-refractivity contribution >= 4 is 16.9 Å². The third kappa shape index (κ3) is 3.76. The predicted molar refractivity (Wildman–Crippen MR) is 119 cm³/mol. The quantitative estimate of drug-likeness (QED) is 0.519. The SMILES string of the molecule is CCn1ncc(CNC(=O)c2cc(-c3cccc(OC)c3)nc3c2c(C)nn3C)c1C. The maximum Gasteiger partial charge on any atom is 0.252 e. The number of amides is 1. The Bertz CT molecular complexity index is 1270. The van der Waals surface area contributed by atoms with Crippen LogP contribution in [0.5, 0.6) is 5.75 Å². The minimum Gasteiger partial charge on any atom is -0.497 e. The first kappa shape index (κ1) is 20.6. The summed E-state index contributed by atoms with van der Waals surface area (Å²) in [4.78, 5) is 18.0. The van der Waals surface area contributed by atoms with Crippen molar-refractivity contribution in [1.82, 2.24) is 29.9 Å². The van der Waals surface area contributed by atoms with Gasteiger partial charge in [0.2, 0.25) is 0 Å². The van der Waals surface area contributed by atoms with E-state index in [1.807, 2.05) is 62.8 Å². The Hall–Kier alpha value is -3.68. The van der Waals surface area contributed by atoms with E-state index in [4.69, 9.17) is 9.72 Å². The second kappa shape index (κ2) is 8.22. The number of carbonyl (C=O) groups is 1. The number of ether oxygens (including phenoxy) is 1. The van der Waals surface area contributed by atoms with Gasteiger partial charge >= 0.3 is 0 Å². The monoisotopic (exact) mass is 418 g/mol. The van der Waals surface area contributed by atoms with E-state index in [1.54, 1.807) is 18.0 Å². The molecule has 0 radical (unpaired) electrons. The molecular formula is C23H26N6O2. The molecule has 0 fully saturated rings. The van der Waals surface area contributed by atoms with Crippen molar-refractivity contribution in [2.24, 2.45) is 7.05 Å². The van der Waals surface area contributed by atoms with Crippen molar-refractivity contribution in [3.8, 4) is 17.0 Å². The number of nitrogens with one attached hydrogen (secondary N) is 1. The van der Waals surface area contributed by atoms with Gasteiger partial charge in [-0.15, -0.1) is 0 Å². The van der Waals surface area contributed by atoms with Gasteiger partial charge in [0.05, 0.1) is 35.6 Å². The number of benzene rings is 1. The van der Waals surface area contributed by atoms with E-state index in [1.165, 1.54) is 0 Å². The normalized spacial score (nSPS) is 11.1. The smallest absolute Gasteiger partial charge is 0.252 e. The van der Waals surface area contributed by atoms with Crippen LogP contribution in [0.15, 0.2) is 36.5 Å². The molecule has 0 saturated carbocycles. The molecule has 0 unspecified atom stereocenters. The van der Waals surface area contributed by atoms with Crippen LogP contribution in [0.2, 0.25) is 0 Å². The summed E-state index contributed by atoms with van der Waals surface area (Å²) in [6, 6.07) is 9.46. The molecule has 8 heteroatoms. The lowest BCUT2D eigenvalue weighted by molar-refractivity contribution is 0.0952. The molecule has 0 aliphatic heterocycles. The Labute approximate surface area is 180 Å². The van der Waals surface area contributed by atoms with Crippen LogP contribution in [-0.2, 0) is 20.1 Å². The number of fused-ring (bicyclic) bond motifs is 1. The van der Waals surface area contributed by atoms with E-state index in [-0.39, 0.29) is 5.91 Å². The summed E-state index contributed by atoms with van der Waals surface area (Å²) >= 11 is 0. The Kier molecular flexibility index (Phi) is 5.46. The minimum absolute atomic E-state index is 0.170. The summed E-state index contributed by atoms with van der Waals surface area (Å²) in [6.45, 7) is 7.14. The van der Waals surface area contributed by atoms with Gasteiger partial charge in [-0.05, 0) is 39.0 Å². The maximum atomic E-state index is 13.3. The summed E-state index contributed by atoms with van der Waals surface area (Å²) < 4.78 is 8.97. The molecule has 0 atom stereocenters. The van der Waals surface area contributed by atoms with Gasteiger partial charge in [0.25, 0.3) is 5.91 Å². The van der Waals surface area contributed by atoms with Crippen molar-refractivity contribution in [3.05, 3.63) is 59.0 Å². The molecule has 0 bridgehead atoms. The van der Waals surface area contributed by atoms with E-state index in [0.29, 0.717) is 23.4 Å². The van der Waals surface area contributed by atoms with Gasteiger partial charge in [-0.3, -0.25) is 14.2 Å². The topological polar surface area (TPSA) is 86.9 Å². The molecular weight excluding hydrogens is 392 g/mol. The zero-order valence-corrected chi connectivity index (χ0v) is 18.4. The molecule has 0 saturated heterocycles. The molecule has 4 rings (SSSR count). The highest BCUT2D eigenvalue weighted by Crippen LogP contribution is 2.28. The third-order valence-corrected chi connectivity index (χ3v) is 5.52. The highest BCUT2D eigenvalue weighted by molar-refractivity contribution is 6.07. The van der Waals surface area contributed by atoms with Gasteiger partial charge in [0.1, 0.15) is 5.75 Å². The lowest BCUT2D eigenvalue weighted by Gasteiger charge is -2.10. The molecule has 0 aliphatic carbocycles. The Morgan fingerprint density at radius 1 is 1.23 bits per heavy atom. The van der Waals surface area contributed by atoms with E-state index in [0.717, 1.165) is 40.2 Å². The lowest BCUT2D eigenvalue weighted by atomic mass is 10.0. The summed E-state index contributed by atoms with van der Waals surface area (Å²) in [5.74, 6) is 0.561. The highest BCUT2D eigenvalue weighted by Gasteiger charge is 2.20. The molecule has 1 N–H and O–H groups in total. The number of aryl methyl sites for hydroxylation is 3. The van der Waals surface area contributed by atoms with Crippen molar-refractivity contribution in [2.75, 3.05) is 7.11 Å². The van der Waals surface area contributed by atoms with E-state index in [2.05, 4.69) is 15.5 Å². The van der Waals surface area contributed by atoms with Crippen LogP contribution in [0.3, 0.4) is 0 Å². The second-order valence-electron chi connectivity index (χ2n) is 7.45. The number of pyridine rings is 1. The molecule has 8 nitrogen and oxygen atoms in total. The predicted octanol–water partition coefficient (Wildman–Crippen LogP) is 3.41. The van der Waals surface area contributed by atoms with Crippen LogP contribution in [0, 0.1) is 13.8 Å². The number of aromatic nitrogens is 5. The maximum absolute atomic E-state index is 13.3. The number of rotatable bonds is 6. The zero-order chi connectivity index (χ0) is 22.1. The van der Waals surface area contributed by atoms with Gasteiger partial charge in [0, 0.05) is 37.0 Å². The van der Waals surface area contributed by atoms with Crippen molar-refractivity contribution in [1.29, 1.82) is 0 Å². The van der Waals surface area contributed by atoms with E-state index < -0.39 is 0 Å². The number of hydrogen-bond acceptors (Lipinski definition) is 5. The van der Waals surface area contributed by atoms with Gasteiger partial charge < -0.3 is 10.1 Å². The summed E-state index contributed by atoms with van der Waals surface area (Å²) in [5.41, 5.74) is 5.59. The molecule has 4 aromatic rings. The molecule has 160 valence electrons. The van der Waals surface area contributed by atoms with Crippen LogP contribution >= 0.6 is 0 Å². The van der Waals surface area contributed by atoms with E-state index >= 15 is 0 Å². The van der Waals surface area contributed by atoms with Crippen molar-refractivity contribution in [2.45, 2.75) is 33.9 Å².